The normalized spacial score (nSPS) is 19.5. The predicted molar refractivity (Wildman–Crippen MR) is 112 cm³/mol. The molecule has 2 amide bonds. The zero-order chi connectivity index (χ0) is 19.0. The minimum atomic E-state index is 0.0484. The molecule has 0 spiro atoms. The summed E-state index contributed by atoms with van der Waals surface area (Å²) in [6, 6.07) is 10.6. The zero-order valence-corrected chi connectivity index (χ0v) is 17.1. The summed E-state index contributed by atoms with van der Waals surface area (Å²) >= 11 is 1.44. The maximum absolute atomic E-state index is 12.4. The molecule has 2 aliphatic rings. The minimum Gasteiger partial charge on any atom is -0.354 e. The molecule has 3 rings (SSSR count). The van der Waals surface area contributed by atoms with Crippen molar-refractivity contribution in [3.63, 3.8) is 0 Å². The molecule has 1 saturated carbocycles. The van der Waals surface area contributed by atoms with Crippen LogP contribution in [0.2, 0.25) is 0 Å². The van der Waals surface area contributed by atoms with E-state index < -0.39 is 0 Å². The van der Waals surface area contributed by atoms with Crippen molar-refractivity contribution in [2.24, 2.45) is 0 Å². The van der Waals surface area contributed by atoms with Gasteiger partial charge in [0.15, 0.2) is 0 Å². The second kappa shape index (κ2) is 10.2. The van der Waals surface area contributed by atoms with Crippen molar-refractivity contribution in [2.45, 2.75) is 56.8 Å². The van der Waals surface area contributed by atoms with E-state index in [2.05, 4.69) is 35.6 Å². The summed E-state index contributed by atoms with van der Waals surface area (Å²) in [5.41, 5.74) is 1.42. The molecule has 5 heteroatoms. The fourth-order valence-electron chi connectivity index (χ4n) is 4.37. The van der Waals surface area contributed by atoms with Gasteiger partial charge in [0, 0.05) is 25.0 Å². The lowest BCUT2D eigenvalue weighted by atomic mass is 9.69. The first kappa shape index (κ1) is 20.2. The molecule has 148 valence electrons. The van der Waals surface area contributed by atoms with E-state index in [1.165, 1.54) is 43.0 Å². The third-order valence-corrected chi connectivity index (χ3v) is 6.91. The second-order valence-electron chi connectivity index (χ2n) is 7.92. The smallest absolute Gasteiger partial charge is 0.232 e. The van der Waals surface area contributed by atoms with E-state index in [9.17, 15) is 9.59 Å². The van der Waals surface area contributed by atoms with E-state index in [1.807, 2.05) is 4.90 Å². The highest BCUT2D eigenvalue weighted by atomic mass is 32.2. The predicted octanol–water partition coefficient (Wildman–Crippen LogP) is 3.75. The van der Waals surface area contributed by atoms with Crippen LogP contribution in [0.1, 0.15) is 56.9 Å². The third-order valence-electron chi connectivity index (χ3n) is 5.99. The maximum Gasteiger partial charge on any atom is 0.232 e. The molecule has 1 saturated heterocycles. The molecule has 0 atom stereocenters. The molecule has 1 heterocycles. The summed E-state index contributed by atoms with van der Waals surface area (Å²) in [5.74, 6) is 1.01. The number of piperidine rings is 1. The van der Waals surface area contributed by atoms with Gasteiger partial charge in [-0.15, -0.1) is 11.8 Å². The first-order valence-electron chi connectivity index (χ1n) is 10.4. The number of nitrogens with one attached hydrogen (secondary N) is 1. The summed E-state index contributed by atoms with van der Waals surface area (Å²) in [5, 5.41) is 3.16. The molecule has 1 aliphatic heterocycles. The lowest BCUT2D eigenvalue weighted by Crippen LogP contribution is -2.43. The molecule has 1 aliphatic carbocycles. The van der Waals surface area contributed by atoms with Crippen molar-refractivity contribution in [3.05, 3.63) is 35.9 Å². The van der Waals surface area contributed by atoms with Crippen molar-refractivity contribution < 1.29 is 9.59 Å². The Labute approximate surface area is 167 Å². The first-order chi connectivity index (χ1) is 13.2. The molecule has 27 heavy (non-hydrogen) atoms. The Hall–Kier alpha value is -1.49. The van der Waals surface area contributed by atoms with Crippen LogP contribution in [0.5, 0.6) is 0 Å². The van der Waals surface area contributed by atoms with Crippen LogP contribution in [0.4, 0.5) is 0 Å². The van der Waals surface area contributed by atoms with Gasteiger partial charge in [0.2, 0.25) is 11.8 Å². The van der Waals surface area contributed by atoms with Crippen LogP contribution in [-0.4, -0.2) is 47.9 Å². The maximum atomic E-state index is 12.4. The van der Waals surface area contributed by atoms with E-state index in [-0.39, 0.29) is 17.2 Å². The minimum absolute atomic E-state index is 0.0484. The fraction of sp³-hybridized carbons (Fsp3) is 0.636. The van der Waals surface area contributed by atoms with Crippen LogP contribution in [0.15, 0.2) is 30.3 Å². The number of amides is 2. The summed E-state index contributed by atoms with van der Waals surface area (Å²) in [4.78, 5) is 26.5. The van der Waals surface area contributed by atoms with Gasteiger partial charge in [0.05, 0.1) is 11.5 Å². The Morgan fingerprint density at radius 2 is 1.59 bits per heavy atom. The van der Waals surface area contributed by atoms with Crippen LogP contribution >= 0.6 is 11.8 Å². The molecular formula is C22H32N2O2S. The van der Waals surface area contributed by atoms with Gasteiger partial charge in [-0.3, -0.25) is 9.59 Å². The van der Waals surface area contributed by atoms with Gasteiger partial charge in [-0.25, -0.2) is 0 Å². The van der Waals surface area contributed by atoms with Gasteiger partial charge in [-0.1, -0.05) is 49.6 Å². The summed E-state index contributed by atoms with van der Waals surface area (Å²) in [6.45, 7) is 2.47. The largest absolute Gasteiger partial charge is 0.354 e. The van der Waals surface area contributed by atoms with Gasteiger partial charge in [0.25, 0.3) is 0 Å². The highest BCUT2D eigenvalue weighted by Gasteiger charge is 2.34. The van der Waals surface area contributed by atoms with Crippen molar-refractivity contribution in [2.75, 3.05) is 31.1 Å². The lowest BCUT2D eigenvalue weighted by molar-refractivity contribution is -0.129. The first-order valence-corrected chi connectivity index (χ1v) is 11.5. The molecule has 0 aromatic heterocycles. The number of likely N-dealkylation sites (tertiary alicyclic amines) is 1. The average molecular weight is 389 g/mol. The van der Waals surface area contributed by atoms with Gasteiger partial charge in [-0.05, 0) is 37.7 Å². The van der Waals surface area contributed by atoms with E-state index in [1.54, 1.807) is 0 Å². The highest BCUT2D eigenvalue weighted by Crippen LogP contribution is 2.38. The van der Waals surface area contributed by atoms with Crippen LogP contribution in [0, 0.1) is 0 Å². The quantitative estimate of drug-likeness (QED) is 0.774. The van der Waals surface area contributed by atoms with Crippen LogP contribution in [0.3, 0.4) is 0 Å². The number of hydrogen-bond acceptors (Lipinski definition) is 3. The van der Waals surface area contributed by atoms with E-state index in [4.69, 9.17) is 0 Å². The number of benzene rings is 1. The summed E-state index contributed by atoms with van der Waals surface area (Å²) in [6.07, 6.45) is 9.46. The molecule has 1 aromatic carbocycles. The Bertz CT molecular complexity index is 608. The van der Waals surface area contributed by atoms with Crippen LogP contribution < -0.4 is 5.32 Å². The van der Waals surface area contributed by atoms with Crippen molar-refractivity contribution in [1.29, 1.82) is 0 Å². The van der Waals surface area contributed by atoms with Gasteiger partial charge in [-0.2, -0.15) is 0 Å². The third kappa shape index (κ3) is 5.74. The number of carbonyl (C=O) groups is 2. The number of carbonyl (C=O) groups excluding carboxylic acids is 2. The molecule has 0 radical (unpaired) electrons. The van der Waals surface area contributed by atoms with Gasteiger partial charge < -0.3 is 10.2 Å². The topological polar surface area (TPSA) is 49.4 Å². The lowest BCUT2D eigenvalue weighted by Gasteiger charge is -2.38. The SMILES string of the molecule is O=C(CSCC(=O)N1CCCCC1)NCC1(c2ccccc2)CCCCC1. The molecule has 0 bridgehead atoms. The molecule has 0 unspecified atom stereocenters. The van der Waals surface area contributed by atoms with Gasteiger partial charge in [0.1, 0.15) is 0 Å². The van der Waals surface area contributed by atoms with E-state index >= 15 is 0 Å². The molecule has 2 fully saturated rings. The van der Waals surface area contributed by atoms with Crippen molar-refractivity contribution in [1.82, 2.24) is 10.2 Å². The molecular weight excluding hydrogens is 356 g/mol. The molecule has 1 N–H and O–H groups in total. The number of rotatable bonds is 7. The highest BCUT2D eigenvalue weighted by molar-refractivity contribution is 8.00. The molecule has 1 aromatic rings. The van der Waals surface area contributed by atoms with Crippen molar-refractivity contribution >= 4 is 23.6 Å². The molecule has 4 nitrogen and oxygen atoms in total. The van der Waals surface area contributed by atoms with Crippen LogP contribution in [-0.2, 0) is 15.0 Å². The number of thioether (sulfide) groups is 1. The Balaban J connectivity index is 1.44. The van der Waals surface area contributed by atoms with Gasteiger partial charge >= 0.3 is 0 Å². The number of nitrogens with zero attached hydrogens (tertiary/aromatic N) is 1. The Morgan fingerprint density at radius 1 is 0.926 bits per heavy atom. The summed E-state index contributed by atoms with van der Waals surface area (Å²) < 4.78 is 0. The number of hydrogen-bond donors (Lipinski definition) is 1. The Kier molecular flexibility index (Phi) is 7.62. The standard InChI is InChI=1S/C22H32N2O2S/c25-20(16-27-17-21(26)24-14-8-3-9-15-24)23-18-22(12-6-2-7-13-22)19-10-4-1-5-11-19/h1,4-5,10-11H,2-3,6-9,12-18H2,(H,23,25). The van der Waals surface area contributed by atoms with Crippen LogP contribution in [0.25, 0.3) is 0 Å². The van der Waals surface area contributed by atoms with E-state index in [0.29, 0.717) is 18.1 Å². The zero-order valence-electron chi connectivity index (χ0n) is 16.3. The summed E-state index contributed by atoms with van der Waals surface area (Å²) in [7, 11) is 0. The monoisotopic (exact) mass is 388 g/mol. The van der Waals surface area contributed by atoms with E-state index in [0.717, 1.165) is 38.8 Å². The fourth-order valence-corrected chi connectivity index (χ4v) is 5.12. The second-order valence-corrected chi connectivity index (χ2v) is 8.90. The Morgan fingerprint density at radius 3 is 2.30 bits per heavy atom. The average Bonchev–Trinajstić information content (AvgIpc) is 2.74. The van der Waals surface area contributed by atoms with Crippen molar-refractivity contribution in [3.8, 4) is 0 Å².